The van der Waals surface area contributed by atoms with Crippen molar-refractivity contribution in [3.8, 4) is 10.4 Å². The normalized spacial score (nSPS) is 9.47. The van der Waals surface area contributed by atoms with Crippen molar-refractivity contribution < 1.29 is 31.1 Å². The predicted octanol–water partition coefficient (Wildman–Crippen LogP) is -2.33. The molecule has 0 aliphatic carbocycles. The Hall–Kier alpha value is -1.34. The van der Waals surface area contributed by atoms with E-state index in [4.69, 9.17) is 0 Å². The molecule has 2 heterocycles. The monoisotopic (exact) mass is 315 g/mol. The molecule has 0 fully saturated rings. The number of carbonyl (C=O) groups is 1. The van der Waals surface area contributed by atoms with Crippen LogP contribution in [0.5, 0.6) is 0 Å². The summed E-state index contributed by atoms with van der Waals surface area (Å²) in [6.45, 7) is 0.220. The minimum atomic E-state index is -0.266. The quantitative estimate of drug-likeness (QED) is 0.471. The largest absolute Gasteiger partial charge is 1.00 e. The summed E-state index contributed by atoms with van der Waals surface area (Å²) in [5.74, 6) is -0.266. The highest BCUT2D eigenvalue weighted by Gasteiger charge is 2.09. The molecular formula is C10H10BrN3O2S. The zero-order valence-corrected chi connectivity index (χ0v) is 11.4. The molecule has 0 bridgehead atoms. The maximum Gasteiger partial charge on any atom is 0.372 e. The topological polar surface area (TPSA) is 56.0 Å². The highest BCUT2D eigenvalue weighted by atomic mass is 79.9. The van der Waals surface area contributed by atoms with E-state index in [-0.39, 0.29) is 29.5 Å². The molecule has 5 nitrogen and oxygen atoms in total. The van der Waals surface area contributed by atoms with Crippen LogP contribution in [0.2, 0.25) is 0 Å². The van der Waals surface area contributed by atoms with E-state index in [0.29, 0.717) is 0 Å². The zero-order valence-electron chi connectivity index (χ0n) is 9.04. The van der Waals surface area contributed by atoms with Crippen molar-refractivity contribution in [3.05, 3.63) is 30.7 Å². The molecule has 0 spiro atoms. The van der Waals surface area contributed by atoms with Gasteiger partial charge in [0.15, 0.2) is 12.4 Å². The van der Waals surface area contributed by atoms with Crippen LogP contribution in [0.3, 0.4) is 0 Å². The van der Waals surface area contributed by atoms with E-state index in [9.17, 15) is 4.79 Å². The Labute approximate surface area is 113 Å². The number of esters is 1. The van der Waals surface area contributed by atoms with Gasteiger partial charge in [0.2, 0.25) is 6.54 Å². The van der Waals surface area contributed by atoms with E-state index in [1.807, 2.05) is 24.5 Å². The van der Waals surface area contributed by atoms with Gasteiger partial charge in [0.1, 0.15) is 0 Å². The van der Waals surface area contributed by atoms with Crippen LogP contribution in [0.25, 0.3) is 10.4 Å². The molecule has 0 saturated heterocycles. The van der Waals surface area contributed by atoms with Crippen LogP contribution in [-0.2, 0) is 16.1 Å². The molecule has 90 valence electrons. The van der Waals surface area contributed by atoms with Crippen LogP contribution in [0.4, 0.5) is 0 Å². The second kappa shape index (κ2) is 6.41. The second-order valence-electron chi connectivity index (χ2n) is 3.12. The summed E-state index contributed by atoms with van der Waals surface area (Å²) in [6.07, 6.45) is 5.36. The number of halogens is 1. The van der Waals surface area contributed by atoms with Crippen molar-refractivity contribution in [2.75, 3.05) is 7.11 Å². The number of rotatable bonds is 3. The molecule has 0 aromatic carbocycles. The van der Waals surface area contributed by atoms with Crippen molar-refractivity contribution in [2.45, 2.75) is 6.54 Å². The van der Waals surface area contributed by atoms with Gasteiger partial charge in [-0.3, -0.25) is 0 Å². The van der Waals surface area contributed by atoms with E-state index in [2.05, 4.69) is 14.3 Å². The first-order valence-electron chi connectivity index (χ1n) is 4.63. The Morgan fingerprint density at radius 1 is 1.47 bits per heavy atom. The first-order valence-corrected chi connectivity index (χ1v) is 5.40. The second-order valence-corrected chi connectivity index (χ2v) is 3.90. The third-order valence-corrected chi connectivity index (χ3v) is 2.79. The van der Waals surface area contributed by atoms with Crippen molar-refractivity contribution >= 4 is 17.5 Å². The van der Waals surface area contributed by atoms with E-state index in [1.54, 1.807) is 10.8 Å². The molecule has 0 aliphatic heterocycles. The van der Waals surface area contributed by atoms with Gasteiger partial charge in [0, 0.05) is 17.7 Å². The minimum absolute atomic E-state index is 0. The highest BCUT2D eigenvalue weighted by molar-refractivity contribution is 7.09. The number of methoxy groups -OCH3 is 1. The van der Waals surface area contributed by atoms with Crippen LogP contribution in [0.15, 0.2) is 30.7 Å². The van der Waals surface area contributed by atoms with Gasteiger partial charge in [-0.05, 0) is 11.5 Å². The molecule has 0 saturated carbocycles. The van der Waals surface area contributed by atoms with Gasteiger partial charge in [-0.15, -0.1) is 5.10 Å². The van der Waals surface area contributed by atoms with Crippen LogP contribution < -0.4 is 21.5 Å². The average molecular weight is 316 g/mol. The summed E-state index contributed by atoms with van der Waals surface area (Å²) in [4.78, 5) is 12.0. The molecule has 0 atom stereocenters. The maximum absolute atomic E-state index is 11.0. The zero-order chi connectivity index (χ0) is 11.4. The molecule has 17 heavy (non-hydrogen) atoms. The highest BCUT2D eigenvalue weighted by Crippen LogP contribution is 2.19. The summed E-state index contributed by atoms with van der Waals surface area (Å²) in [5.41, 5.74) is 1.04. The Kier molecular flexibility index (Phi) is 5.17. The number of hydrogen-bond donors (Lipinski definition) is 0. The molecule has 0 amide bonds. The SMILES string of the molecule is COC(=O)C[n+]1ccc(-c2cnns2)cc1.[Br-]. The van der Waals surface area contributed by atoms with Gasteiger partial charge in [-0.25, -0.2) is 4.79 Å². The molecule has 0 unspecified atom stereocenters. The van der Waals surface area contributed by atoms with Gasteiger partial charge in [0.05, 0.1) is 18.2 Å². The minimum Gasteiger partial charge on any atom is -1.00 e. The Morgan fingerprint density at radius 3 is 2.71 bits per heavy atom. The molecule has 0 aliphatic rings. The number of ether oxygens (including phenoxy) is 1. The van der Waals surface area contributed by atoms with Crippen molar-refractivity contribution in [1.29, 1.82) is 0 Å². The van der Waals surface area contributed by atoms with Crippen LogP contribution in [0, 0.1) is 0 Å². The Morgan fingerprint density at radius 2 is 2.18 bits per heavy atom. The van der Waals surface area contributed by atoms with E-state index < -0.39 is 0 Å². The predicted molar refractivity (Wildman–Crippen MR) is 57.6 cm³/mol. The summed E-state index contributed by atoms with van der Waals surface area (Å²) in [7, 11) is 1.38. The first-order chi connectivity index (χ1) is 7.79. The number of hydrogen-bond acceptors (Lipinski definition) is 5. The molecule has 2 rings (SSSR count). The number of aromatic nitrogens is 3. The fraction of sp³-hybridized carbons (Fsp3) is 0.200. The summed E-state index contributed by atoms with van der Waals surface area (Å²) >= 11 is 1.34. The van der Waals surface area contributed by atoms with Crippen molar-refractivity contribution in [2.24, 2.45) is 0 Å². The van der Waals surface area contributed by atoms with Gasteiger partial charge >= 0.3 is 5.97 Å². The fourth-order valence-electron chi connectivity index (χ4n) is 1.23. The summed E-state index contributed by atoms with van der Waals surface area (Å²) in [6, 6.07) is 3.83. The average Bonchev–Trinajstić information content (AvgIpc) is 2.83. The molecular weight excluding hydrogens is 306 g/mol. The lowest BCUT2D eigenvalue weighted by molar-refractivity contribution is -0.685. The van der Waals surface area contributed by atoms with Gasteiger partial charge in [-0.2, -0.15) is 4.57 Å². The lowest BCUT2D eigenvalue weighted by Gasteiger charge is -1.96. The fourth-order valence-corrected chi connectivity index (χ4v) is 1.75. The van der Waals surface area contributed by atoms with E-state index in [1.165, 1.54) is 18.6 Å². The number of nitrogens with zero attached hydrogens (tertiary/aromatic N) is 3. The van der Waals surface area contributed by atoms with E-state index in [0.717, 1.165) is 10.4 Å². The van der Waals surface area contributed by atoms with E-state index >= 15 is 0 Å². The standard InChI is InChI=1S/C10H10N3O2S.BrH/c1-15-10(14)7-13-4-2-8(3-5-13)9-6-11-12-16-9;/h2-6H,7H2,1H3;1H/q+1;/p-1. The van der Waals surface area contributed by atoms with Crippen molar-refractivity contribution in [3.63, 3.8) is 0 Å². The van der Waals surface area contributed by atoms with Gasteiger partial charge in [-0.1, -0.05) is 4.49 Å². The van der Waals surface area contributed by atoms with Gasteiger partial charge in [0.25, 0.3) is 0 Å². The lowest BCUT2D eigenvalue weighted by atomic mass is 10.2. The summed E-state index contributed by atoms with van der Waals surface area (Å²) < 4.78 is 10.1. The number of carbonyl (C=O) groups excluding carboxylic acids is 1. The third kappa shape index (κ3) is 3.57. The molecule has 0 radical (unpaired) electrons. The maximum atomic E-state index is 11.0. The Balaban J connectivity index is 0.00000144. The molecule has 2 aromatic rings. The van der Waals surface area contributed by atoms with Gasteiger partial charge < -0.3 is 21.7 Å². The summed E-state index contributed by atoms with van der Waals surface area (Å²) in [5, 5.41) is 3.77. The van der Waals surface area contributed by atoms with Crippen LogP contribution in [0.1, 0.15) is 0 Å². The molecule has 0 N–H and O–H groups in total. The lowest BCUT2D eigenvalue weighted by Crippen LogP contribution is -3.00. The van der Waals surface area contributed by atoms with Crippen molar-refractivity contribution in [1.82, 2.24) is 9.59 Å². The third-order valence-electron chi connectivity index (χ3n) is 2.08. The molecule has 2 aromatic heterocycles. The number of pyridine rings is 1. The van der Waals surface area contributed by atoms with Crippen LogP contribution >= 0.6 is 11.5 Å². The first kappa shape index (κ1) is 13.7. The van der Waals surface area contributed by atoms with Crippen LogP contribution in [-0.4, -0.2) is 22.7 Å². The molecule has 7 heteroatoms. The smallest absolute Gasteiger partial charge is 0.372 e. The Bertz CT molecular complexity index is 473.